The van der Waals surface area contributed by atoms with Gasteiger partial charge in [-0.1, -0.05) is 6.07 Å². The Balaban J connectivity index is 2.03. The Morgan fingerprint density at radius 3 is 2.41 bits per heavy atom. The summed E-state index contributed by atoms with van der Waals surface area (Å²) in [5.41, 5.74) is 2.66. The Labute approximate surface area is 155 Å². The number of hydrogen-bond acceptors (Lipinski definition) is 7. The van der Waals surface area contributed by atoms with E-state index in [9.17, 15) is 14.7 Å². The second-order valence-corrected chi connectivity index (χ2v) is 5.12. The number of carbonyl (C=O) groups is 2. The molecule has 0 bridgehead atoms. The second kappa shape index (κ2) is 9.09. The summed E-state index contributed by atoms with van der Waals surface area (Å²) in [6, 6.07) is 9.54. The van der Waals surface area contributed by atoms with Crippen molar-refractivity contribution in [2.45, 2.75) is 0 Å². The molecular formula is C18H19N3O6. The van der Waals surface area contributed by atoms with Gasteiger partial charge in [0.25, 0.3) is 0 Å². The lowest BCUT2D eigenvalue weighted by molar-refractivity contribution is -0.136. The zero-order chi connectivity index (χ0) is 19.8. The largest absolute Gasteiger partial charge is 0.504 e. The molecule has 2 amide bonds. The van der Waals surface area contributed by atoms with Crippen LogP contribution in [0.25, 0.3) is 0 Å². The van der Waals surface area contributed by atoms with Gasteiger partial charge < -0.3 is 24.6 Å². The average molecular weight is 373 g/mol. The minimum absolute atomic E-state index is 0.136. The van der Waals surface area contributed by atoms with Crippen LogP contribution < -0.4 is 25.0 Å². The van der Waals surface area contributed by atoms with Gasteiger partial charge in [-0.15, -0.1) is 0 Å². The summed E-state index contributed by atoms with van der Waals surface area (Å²) >= 11 is 0. The van der Waals surface area contributed by atoms with Crippen molar-refractivity contribution in [3.05, 3.63) is 42.0 Å². The molecule has 0 atom stereocenters. The first kappa shape index (κ1) is 19.6. The molecule has 0 aliphatic heterocycles. The molecule has 0 aliphatic rings. The van der Waals surface area contributed by atoms with Crippen LogP contribution in [0.5, 0.6) is 23.0 Å². The molecule has 27 heavy (non-hydrogen) atoms. The minimum Gasteiger partial charge on any atom is -0.504 e. The molecule has 0 fully saturated rings. The van der Waals surface area contributed by atoms with Crippen LogP contribution in [-0.2, 0) is 9.59 Å². The van der Waals surface area contributed by atoms with E-state index in [-0.39, 0.29) is 17.2 Å². The number of phenols is 1. The Morgan fingerprint density at radius 2 is 1.74 bits per heavy atom. The maximum atomic E-state index is 12.0. The topological polar surface area (TPSA) is 118 Å². The smallest absolute Gasteiger partial charge is 0.329 e. The van der Waals surface area contributed by atoms with Crippen LogP contribution in [0.4, 0.5) is 5.69 Å². The van der Waals surface area contributed by atoms with Crippen molar-refractivity contribution in [3.8, 4) is 23.0 Å². The van der Waals surface area contributed by atoms with Crippen molar-refractivity contribution >= 4 is 23.7 Å². The third-order valence-corrected chi connectivity index (χ3v) is 3.48. The molecule has 9 nitrogen and oxygen atoms in total. The van der Waals surface area contributed by atoms with Gasteiger partial charge in [-0.25, -0.2) is 5.43 Å². The van der Waals surface area contributed by atoms with Gasteiger partial charge in [0.2, 0.25) is 0 Å². The number of carbonyl (C=O) groups excluding carboxylic acids is 2. The van der Waals surface area contributed by atoms with Crippen molar-refractivity contribution in [3.63, 3.8) is 0 Å². The normalized spacial score (nSPS) is 10.3. The van der Waals surface area contributed by atoms with Gasteiger partial charge in [-0.3, -0.25) is 9.59 Å². The predicted molar refractivity (Wildman–Crippen MR) is 98.6 cm³/mol. The minimum atomic E-state index is -1.00. The zero-order valence-corrected chi connectivity index (χ0v) is 15.0. The molecule has 0 spiro atoms. The molecule has 0 saturated carbocycles. The van der Waals surface area contributed by atoms with E-state index in [1.54, 1.807) is 30.3 Å². The van der Waals surface area contributed by atoms with Crippen LogP contribution in [0.15, 0.2) is 41.5 Å². The van der Waals surface area contributed by atoms with Crippen LogP contribution in [-0.4, -0.2) is 44.5 Å². The fraction of sp³-hybridized carbons (Fsp3) is 0.167. The summed E-state index contributed by atoms with van der Waals surface area (Å²) < 4.78 is 15.2. The summed E-state index contributed by atoms with van der Waals surface area (Å²) in [5.74, 6) is -0.983. The number of phenolic OH excluding ortho intramolecular Hbond substituents is 1. The number of hydrogen-bond donors (Lipinski definition) is 3. The van der Waals surface area contributed by atoms with Gasteiger partial charge in [-0.05, 0) is 24.3 Å². The molecule has 0 heterocycles. The highest BCUT2D eigenvalue weighted by molar-refractivity contribution is 6.39. The number of nitrogens with zero attached hydrogens (tertiary/aromatic N) is 1. The Kier molecular flexibility index (Phi) is 6.59. The first-order valence-corrected chi connectivity index (χ1v) is 7.72. The Morgan fingerprint density at radius 1 is 1.00 bits per heavy atom. The molecule has 0 radical (unpaired) electrons. The first-order chi connectivity index (χ1) is 13.0. The number of rotatable bonds is 6. The maximum absolute atomic E-state index is 12.0. The molecule has 0 aromatic heterocycles. The van der Waals surface area contributed by atoms with Crippen LogP contribution in [0.2, 0.25) is 0 Å². The lowest BCUT2D eigenvalue weighted by Gasteiger charge is -2.11. The van der Waals surface area contributed by atoms with E-state index in [1.807, 2.05) is 0 Å². The van der Waals surface area contributed by atoms with Gasteiger partial charge in [0.05, 0.1) is 33.2 Å². The average Bonchev–Trinajstić information content (AvgIpc) is 2.69. The van der Waals surface area contributed by atoms with Crippen LogP contribution in [0.1, 0.15) is 5.56 Å². The third kappa shape index (κ3) is 4.88. The monoisotopic (exact) mass is 373 g/mol. The number of amides is 2. The van der Waals surface area contributed by atoms with Crippen molar-refractivity contribution in [1.29, 1.82) is 0 Å². The highest BCUT2D eigenvalue weighted by Gasteiger charge is 2.16. The second-order valence-electron chi connectivity index (χ2n) is 5.12. The molecule has 2 aromatic rings. The number of aromatic hydroxyl groups is 1. The van der Waals surface area contributed by atoms with Gasteiger partial charge in [-0.2, -0.15) is 5.10 Å². The van der Waals surface area contributed by atoms with E-state index >= 15 is 0 Å². The summed E-state index contributed by atoms with van der Waals surface area (Å²) in [6.45, 7) is 0. The van der Waals surface area contributed by atoms with E-state index in [4.69, 9.17) is 14.2 Å². The fourth-order valence-electron chi connectivity index (χ4n) is 2.11. The van der Waals surface area contributed by atoms with Crippen molar-refractivity contribution in [2.75, 3.05) is 26.6 Å². The Hall–Kier alpha value is -3.75. The van der Waals surface area contributed by atoms with Crippen molar-refractivity contribution in [1.82, 2.24) is 5.43 Å². The maximum Gasteiger partial charge on any atom is 0.329 e. The number of ether oxygens (including phenoxy) is 3. The van der Waals surface area contributed by atoms with E-state index in [1.165, 1.54) is 33.6 Å². The van der Waals surface area contributed by atoms with E-state index in [0.717, 1.165) is 0 Å². The molecular weight excluding hydrogens is 354 g/mol. The molecule has 0 saturated heterocycles. The molecule has 2 aromatic carbocycles. The highest BCUT2D eigenvalue weighted by Crippen LogP contribution is 2.29. The summed E-state index contributed by atoms with van der Waals surface area (Å²) in [7, 11) is 4.32. The number of benzene rings is 2. The standard InChI is InChI=1S/C18H19N3O6/c1-25-12-7-8-14(26-2)13(9-12)20-17(23)18(24)21-19-10-11-5-4-6-15(27-3)16(11)22/h4-10,22H,1-3H3,(H,20,23)(H,21,24)/b19-10+. The van der Waals surface area contributed by atoms with Crippen molar-refractivity contribution in [2.24, 2.45) is 5.10 Å². The molecule has 0 unspecified atom stereocenters. The predicted octanol–water partition coefficient (Wildman–Crippen LogP) is 1.51. The molecule has 142 valence electrons. The fourth-order valence-corrected chi connectivity index (χ4v) is 2.11. The number of nitrogens with one attached hydrogen (secondary N) is 2. The van der Waals surface area contributed by atoms with Gasteiger partial charge in [0, 0.05) is 11.6 Å². The van der Waals surface area contributed by atoms with E-state index in [2.05, 4.69) is 15.8 Å². The lowest BCUT2D eigenvalue weighted by atomic mass is 10.2. The molecule has 0 aliphatic carbocycles. The Bertz CT molecular complexity index is 866. The number of anilines is 1. The number of methoxy groups -OCH3 is 3. The molecule has 9 heteroatoms. The molecule has 3 N–H and O–H groups in total. The van der Waals surface area contributed by atoms with Crippen LogP contribution in [0.3, 0.4) is 0 Å². The lowest BCUT2D eigenvalue weighted by Crippen LogP contribution is -2.32. The number of para-hydroxylation sites is 1. The third-order valence-electron chi connectivity index (χ3n) is 3.48. The van der Waals surface area contributed by atoms with E-state index < -0.39 is 11.8 Å². The number of hydrazone groups is 1. The van der Waals surface area contributed by atoms with Crippen LogP contribution in [0, 0.1) is 0 Å². The zero-order valence-electron chi connectivity index (χ0n) is 15.0. The quantitative estimate of drug-likeness (QED) is 0.401. The van der Waals surface area contributed by atoms with Gasteiger partial charge in [0.1, 0.15) is 11.5 Å². The summed E-state index contributed by atoms with van der Waals surface area (Å²) in [4.78, 5) is 23.9. The van der Waals surface area contributed by atoms with Gasteiger partial charge >= 0.3 is 11.8 Å². The first-order valence-electron chi connectivity index (χ1n) is 7.72. The van der Waals surface area contributed by atoms with Crippen molar-refractivity contribution < 1.29 is 28.9 Å². The van der Waals surface area contributed by atoms with E-state index in [0.29, 0.717) is 17.1 Å². The van der Waals surface area contributed by atoms with Crippen LogP contribution >= 0.6 is 0 Å². The highest BCUT2D eigenvalue weighted by atomic mass is 16.5. The van der Waals surface area contributed by atoms with Gasteiger partial charge in [0.15, 0.2) is 11.5 Å². The summed E-state index contributed by atoms with van der Waals surface area (Å²) in [6.07, 6.45) is 1.19. The SMILES string of the molecule is COc1ccc(OC)c(NC(=O)C(=O)N/N=C/c2cccc(OC)c2O)c1. The summed E-state index contributed by atoms with van der Waals surface area (Å²) in [5, 5.41) is 16.0. The molecule has 2 rings (SSSR count).